The van der Waals surface area contributed by atoms with Crippen LogP contribution in [0.5, 0.6) is 0 Å². The molecule has 0 fully saturated rings. The van der Waals surface area contributed by atoms with E-state index in [1.807, 2.05) is 0 Å². The van der Waals surface area contributed by atoms with Crippen LogP contribution < -0.4 is 25.2 Å². The van der Waals surface area contributed by atoms with Gasteiger partial charge in [0, 0.05) is 53.9 Å². The Morgan fingerprint density at radius 2 is 1.57 bits per heavy atom. The molecule has 0 spiro atoms. The van der Waals surface area contributed by atoms with Crippen molar-refractivity contribution in [3.63, 3.8) is 0 Å². The first-order chi connectivity index (χ1) is 14.7. The van der Waals surface area contributed by atoms with E-state index in [0.29, 0.717) is 11.1 Å². The Balaban J connectivity index is 1.39. The molecule has 0 amide bonds. The van der Waals surface area contributed by atoms with Crippen molar-refractivity contribution >= 4 is 22.6 Å². The number of hydrogen-bond donors (Lipinski definition) is 0. The SMILES string of the molecule is O=C1C(c2cc3c4c(c2)CCN4CCC3)=C([O-])/C1=c1\cc2c3c(c1)CC[N+]=3CCC2. The van der Waals surface area contributed by atoms with Crippen LogP contribution in [-0.2, 0) is 30.5 Å². The van der Waals surface area contributed by atoms with Crippen LogP contribution in [0.15, 0.2) is 30.0 Å². The highest BCUT2D eigenvalue weighted by molar-refractivity contribution is 6.51. The van der Waals surface area contributed by atoms with E-state index in [2.05, 4.69) is 33.7 Å². The maximum absolute atomic E-state index is 13.2. The third kappa shape index (κ3) is 2.12. The van der Waals surface area contributed by atoms with Crippen LogP contribution in [-0.4, -0.2) is 32.0 Å². The van der Waals surface area contributed by atoms with Gasteiger partial charge < -0.3 is 10.0 Å². The Labute approximate surface area is 175 Å². The van der Waals surface area contributed by atoms with Crippen molar-refractivity contribution in [3.05, 3.63) is 68.4 Å². The molecule has 0 unspecified atom stereocenters. The van der Waals surface area contributed by atoms with E-state index in [1.54, 1.807) is 0 Å². The van der Waals surface area contributed by atoms with Crippen LogP contribution in [0.1, 0.15) is 40.7 Å². The lowest BCUT2D eigenvalue weighted by Gasteiger charge is -2.32. The van der Waals surface area contributed by atoms with E-state index in [4.69, 9.17) is 0 Å². The molecule has 30 heavy (non-hydrogen) atoms. The average Bonchev–Trinajstić information content (AvgIpc) is 3.35. The molecule has 4 nitrogen and oxygen atoms in total. The predicted octanol–water partition coefficient (Wildman–Crippen LogP) is 0.494. The maximum Gasteiger partial charge on any atom is 0.206 e. The van der Waals surface area contributed by atoms with Gasteiger partial charge >= 0.3 is 0 Å². The van der Waals surface area contributed by atoms with Crippen LogP contribution in [0.25, 0.3) is 11.1 Å². The van der Waals surface area contributed by atoms with Crippen LogP contribution in [0.2, 0.25) is 0 Å². The molecule has 0 saturated carbocycles. The molecule has 7 rings (SSSR count). The molecule has 4 aliphatic heterocycles. The molecule has 0 radical (unpaired) electrons. The molecular formula is C26H24N2O2. The molecule has 0 aromatic heterocycles. The van der Waals surface area contributed by atoms with E-state index in [9.17, 15) is 9.90 Å². The largest absolute Gasteiger partial charge is 0.871 e. The van der Waals surface area contributed by atoms with Gasteiger partial charge in [-0.15, -0.1) is 0 Å². The standard InChI is InChI=1S/C26H24N2O2/c29-25-21(19-11-15-3-1-7-27-9-5-17(13-19)23(15)27)26(30)22(25)20-12-16-4-2-8-28-10-6-18(14-20)24(16)28/h11-14H,1-10H2. The number of Topliss-reactive ketones (excluding diaryl/α,β-unsaturated/α-hetero) is 1. The van der Waals surface area contributed by atoms with Gasteiger partial charge in [0.15, 0.2) is 5.78 Å². The molecular weight excluding hydrogens is 372 g/mol. The summed E-state index contributed by atoms with van der Waals surface area (Å²) >= 11 is 0. The third-order valence-electron chi connectivity index (χ3n) is 7.70. The van der Waals surface area contributed by atoms with Gasteiger partial charge in [-0.1, -0.05) is 5.76 Å². The first kappa shape index (κ1) is 16.9. The van der Waals surface area contributed by atoms with E-state index >= 15 is 0 Å². The predicted molar refractivity (Wildman–Crippen MR) is 115 cm³/mol. The fourth-order valence-electron chi connectivity index (χ4n) is 6.40. The Morgan fingerprint density at radius 3 is 2.40 bits per heavy atom. The number of carbonyl (C=O) groups is 1. The van der Waals surface area contributed by atoms with Gasteiger partial charge in [0.25, 0.3) is 0 Å². The molecule has 2 aromatic rings. The fraction of sp³-hybridized carbons (Fsp3) is 0.385. The number of rotatable bonds is 1. The van der Waals surface area contributed by atoms with E-state index in [0.717, 1.165) is 75.5 Å². The third-order valence-corrected chi connectivity index (χ3v) is 7.70. The van der Waals surface area contributed by atoms with E-state index in [-0.39, 0.29) is 11.5 Å². The Hall–Kier alpha value is -2.88. The second-order valence-corrected chi connectivity index (χ2v) is 9.38. The highest BCUT2D eigenvalue weighted by Gasteiger charge is 2.33. The smallest absolute Gasteiger partial charge is 0.206 e. The number of anilines is 1. The molecule has 0 bridgehead atoms. The van der Waals surface area contributed by atoms with E-state index in [1.165, 1.54) is 33.3 Å². The molecule has 5 aliphatic rings. The van der Waals surface area contributed by atoms with Crippen molar-refractivity contribution < 1.29 is 9.90 Å². The fourth-order valence-corrected chi connectivity index (χ4v) is 6.40. The summed E-state index contributed by atoms with van der Waals surface area (Å²) in [5.74, 6) is -0.119. The van der Waals surface area contributed by atoms with E-state index < -0.39 is 0 Å². The molecule has 0 atom stereocenters. The van der Waals surface area contributed by atoms with Gasteiger partial charge in [-0.25, -0.2) is 4.58 Å². The van der Waals surface area contributed by atoms with Gasteiger partial charge in [-0.05, 0) is 71.9 Å². The lowest BCUT2D eigenvalue weighted by Crippen LogP contribution is -2.37. The average molecular weight is 396 g/mol. The topological polar surface area (TPSA) is 46.4 Å². The number of allylic oxidation sites excluding steroid dienone is 2. The summed E-state index contributed by atoms with van der Waals surface area (Å²) in [6.45, 7) is 4.39. The minimum Gasteiger partial charge on any atom is -0.871 e. The molecule has 4 heterocycles. The minimum atomic E-state index is -0.0596. The van der Waals surface area contributed by atoms with Crippen LogP contribution >= 0.6 is 0 Å². The number of carbonyl (C=O) groups excluding carboxylic acids is 1. The van der Waals surface area contributed by atoms with Crippen LogP contribution in [0, 0.1) is 0 Å². The zero-order chi connectivity index (χ0) is 20.0. The normalized spacial score (nSPS) is 23.0. The van der Waals surface area contributed by atoms with Crippen LogP contribution in [0.3, 0.4) is 0 Å². The molecule has 2 aromatic carbocycles. The van der Waals surface area contributed by atoms with Gasteiger partial charge in [0.2, 0.25) is 5.36 Å². The Morgan fingerprint density at radius 1 is 0.800 bits per heavy atom. The van der Waals surface area contributed by atoms with Crippen molar-refractivity contribution in [3.8, 4) is 0 Å². The van der Waals surface area contributed by atoms with Gasteiger partial charge in [-0.3, -0.25) is 4.79 Å². The molecule has 0 saturated heterocycles. The van der Waals surface area contributed by atoms with Crippen LogP contribution in [0.4, 0.5) is 5.69 Å². The van der Waals surface area contributed by atoms with Gasteiger partial charge in [0.05, 0.1) is 0 Å². The summed E-state index contributed by atoms with van der Waals surface area (Å²) in [6.07, 6.45) is 6.44. The summed E-state index contributed by atoms with van der Waals surface area (Å²) in [7, 11) is 0. The zero-order valence-electron chi connectivity index (χ0n) is 17.1. The minimum absolute atomic E-state index is 0.0596. The molecule has 0 N–H and O–H groups in total. The Bertz CT molecular complexity index is 1330. The zero-order valence-corrected chi connectivity index (χ0v) is 17.1. The number of ketones is 1. The summed E-state index contributed by atoms with van der Waals surface area (Å²) < 4.78 is 2.46. The van der Waals surface area contributed by atoms with Crippen molar-refractivity contribution in [1.82, 2.24) is 4.58 Å². The van der Waals surface area contributed by atoms with Gasteiger partial charge in [-0.2, -0.15) is 0 Å². The summed E-state index contributed by atoms with van der Waals surface area (Å²) in [5, 5.41) is 15.4. The second kappa shape index (κ2) is 5.84. The summed E-state index contributed by atoms with van der Waals surface area (Å²) in [4.78, 5) is 15.7. The maximum atomic E-state index is 13.2. The number of hydrogen-bond acceptors (Lipinski definition) is 3. The lowest BCUT2D eigenvalue weighted by atomic mass is 9.80. The quantitative estimate of drug-likeness (QED) is 0.660. The molecule has 4 heteroatoms. The van der Waals surface area contributed by atoms with Crippen molar-refractivity contribution in [1.29, 1.82) is 0 Å². The second-order valence-electron chi connectivity index (χ2n) is 9.38. The number of benzene rings is 2. The monoisotopic (exact) mass is 396 g/mol. The van der Waals surface area contributed by atoms with Crippen molar-refractivity contribution in [2.24, 2.45) is 0 Å². The molecule has 150 valence electrons. The highest BCUT2D eigenvalue weighted by atomic mass is 16.3. The summed E-state index contributed by atoms with van der Waals surface area (Å²) in [5.41, 5.74) is 8.28. The number of aryl methyl sites for hydroxylation is 2. The van der Waals surface area contributed by atoms with Crippen molar-refractivity contribution in [2.45, 2.75) is 38.5 Å². The molecule has 1 aliphatic carbocycles. The lowest BCUT2D eigenvalue weighted by molar-refractivity contribution is -0.292. The number of nitrogens with zero attached hydrogens (tertiary/aromatic N) is 2. The van der Waals surface area contributed by atoms with Gasteiger partial charge in [0.1, 0.15) is 13.1 Å². The Kier molecular flexibility index (Phi) is 3.28. The van der Waals surface area contributed by atoms with Crippen molar-refractivity contribution in [2.75, 3.05) is 31.1 Å². The first-order valence-electron chi connectivity index (χ1n) is 11.3. The highest BCUT2D eigenvalue weighted by Crippen LogP contribution is 2.41. The summed E-state index contributed by atoms with van der Waals surface area (Å²) in [6, 6.07) is 8.44. The first-order valence-corrected chi connectivity index (χ1v) is 11.3.